The van der Waals surface area contributed by atoms with Crippen molar-refractivity contribution in [3.05, 3.63) is 28.8 Å². The highest BCUT2D eigenvalue weighted by atomic mass is 16.5. The summed E-state index contributed by atoms with van der Waals surface area (Å²) >= 11 is 0. The number of carboxylic acids is 1. The molecule has 1 N–H and O–H groups in total. The van der Waals surface area contributed by atoms with Crippen molar-refractivity contribution in [3.8, 4) is 5.75 Å². The Balaban J connectivity index is 3.09. The molecule has 1 aromatic rings. The predicted molar refractivity (Wildman–Crippen MR) is 67.6 cm³/mol. The summed E-state index contributed by atoms with van der Waals surface area (Å²) in [5, 5.41) is 9.12. The molecule has 0 heterocycles. The van der Waals surface area contributed by atoms with E-state index in [2.05, 4.69) is 0 Å². The van der Waals surface area contributed by atoms with Crippen LogP contribution in [-0.4, -0.2) is 18.2 Å². The minimum Gasteiger partial charge on any atom is -0.496 e. The molecule has 0 atom stereocenters. The topological polar surface area (TPSA) is 46.5 Å². The van der Waals surface area contributed by atoms with Gasteiger partial charge >= 0.3 is 5.97 Å². The van der Waals surface area contributed by atoms with Crippen molar-refractivity contribution < 1.29 is 14.6 Å². The van der Waals surface area contributed by atoms with E-state index in [-0.39, 0.29) is 0 Å². The minimum atomic E-state index is -0.783. The van der Waals surface area contributed by atoms with Crippen molar-refractivity contribution >= 4 is 5.97 Å². The van der Waals surface area contributed by atoms with Gasteiger partial charge in [0.1, 0.15) is 5.75 Å². The van der Waals surface area contributed by atoms with E-state index in [1.807, 2.05) is 26.0 Å². The van der Waals surface area contributed by atoms with Crippen molar-refractivity contribution in [2.24, 2.45) is 5.41 Å². The molecule has 0 spiro atoms. The predicted octanol–water partition coefficient (Wildman–Crippen LogP) is 2.97. The van der Waals surface area contributed by atoms with Gasteiger partial charge in [0.05, 0.1) is 12.5 Å². The van der Waals surface area contributed by atoms with Crippen molar-refractivity contribution in [3.63, 3.8) is 0 Å². The van der Waals surface area contributed by atoms with Crippen LogP contribution < -0.4 is 4.74 Å². The number of hydrogen-bond donors (Lipinski definition) is 1. The fraction of sp³-hybridized carbons (Fsp3) is 0.500. The second-order valence-corrected chi connectivity index (χ2v) is 5.11. The molecule has 0 saturated carbocycles. The number of rotatable bonds is 4. The van der Waals surface area contributed by atoms with E-state index in [4.69, 9.17) is 9.84 Å². The Morgan fingerprint density at radius 1 is 1.35 bits per heavy atom. The average Bonchev–Trinajstić information content (AvgIpc) is 2.22. The first kappa shape index (κ1) is 13.6. The summed E-state index contributed by atoms with van der Waals surface area (Å²) in [6.45, 7) is 7.48. The molecule has 0 radical (unpaired) electrons. The first-order chi connectivity index (χ1) is 7.77. The Morgan fingerprint density at radius 3 is 2.41 bits per heavy atom. The molecule has 0 unspecified atom stereocenters. The minimum absolute atomic E-state index is 0.500. The monoisotopic (exact) mass is 236 g/mol. The van der Waals surface area contributed by atoms with Gasteiger partial charge in [-0.15, -0.1) is 0 Å². The van der Waals surface area contributed by atoms with E-state index in [1.165, 1.54) is 0 Å². The van der Waals surface area contributed by atoms with Crippen molar-refractivity contribution in [2.75, 3.05) is 7.11 Å². The molecule has 1 aromatic carbocycles. The number of methoxy groups -OCH3 is 1. The lowest BCUT2D eigenvalue weighted by atomic mass is 9.85. The van der Waals surface area contributed by atoms with Gasteiger partial charge in [-0.2, -0.15) is 0 Å². The lowest BCUT2D eigenvalue weighted by Crippen LogP contribution is -2.26. The Bertz CT molecular complexity index is 433. The molecule has 0 aliphatic heterocycles. The highest BCUT2D eigenvalue weighted by Gasteiger charge is 2.27. The van der Waals surface area contributed by atoms with E-state index in [1.54, 1.807) is 21.0 Å². The maximum absolute atomic E-state index is 11.1. The number of hydrogen-bond acceptors (Lipinski definition) is 2. The van der Waals surface area contributed by atoms with Gasteiger partial charge in [-0.3, -0.25) is 4.79 Å². The van der Waals surface area contributed by atoms with Gasteiger partial charge in [-0.25, -0.2) is 0 Å². The molecule has 0 aliphatic rings. The molecule has 0 bridgehead atoms. The van der Waals surface area contributed by atoms with Crippen LogP contribution in [0.3, 0.4) is 0 Å². The summed E-state index contributed by atoms with van der Waals surface area (Å²) in [6.07, 6.45) is 0.500. The quantitative estimate of drug-likeness (QED) is 0.874. The molecule has 0 aromatic heterocycles. The van der Waals surface area contributed by atoms with E-state index in [0.717, 1.165) is 22.4 Å². The summed E-state index contributed by atoms with van der Waals surface area (Å²) in [5.74, 6) is 0.0379. The first-order valence-corrected chi connectivity index (χ1v) is 5.65. The second kappa shape index (κ2) is 4.78. The largest absolute Gasteiger partial charge is 0.496 e. The second-order valence-electron chi connectivity index (χ2n) is 5.11. The highest BCUT2D eigenvalue weighted by molar-refractivity contribution is 5.74. The van der Waals surface area contributed by atoms with E-state index in [9.17, 15) is 4.79 Å². The molecule has 0 aliphatic carbocycles. The van der Waals surface area contributed by atoms with Crippen molar-refractivity contribution in [2.45, 2.75) is 34.1 Å². The van der Waals surface area contributed by atoms with Crippen LogP contribution in [0.2, 0.25) is 0 Å². The zero-order chi connectivity index (χ0) is 13.2. The van der Waals surface area contributed by atoms with E-state index >= 15 is 0 Å². The smallest absolute Gasteiger partial charge is 0.309 e. The molecular weight excluding hydrogens is 216 g/mol. The lowest BCUT2D eigenvalue weighted by molar-refractivity contribution is -0.146. The maximum Gasteiger partial charge on any atom is 0.309 e. The van der Waals surface area contributed by atoms with Crippen LogP contribution in [0.4, 0.5) is 0 Å². The number of aryl methyl sites for hydroxylation is 1. The summed E-state index contributed by atoms with van der Waals surface area (Å²) in [7, 11) is 1.63. The first-order valence-electron chi connectivity index (χ1n) is 5.65. The summed E-state index contributed by atoms with van der Waals surface area (Å²) in [5.41, 5.74) is 2.47. The molecular formula is C14H20O3. The zero-order valence-corrected chi connectivity index (χ0v) is 11.1. The molecule has 0 amide bonds. The van der Waals surface area contributed by atoms with Crippen LogP contribution in [0.1, 0.15) is 30.5 Å². The number of carbonyl (C=O) groups is 1. The van der Waals surface area contributed by atoms with Crippen molar-refractivity contribution in [1.82, 2.24) is 0 Å². The molecule has 0 fully saturated rings. The number of carboxylic acid groups (broad SMARTS) is 1. The zero-order valence-electron chi connectivity index (χ0n) is 11.1. The fourth-order valence-electron chi connectivity index (χ4n) is 1.80. The summed E-state index contributed by atoms with van der Waals surface area (Å²) < 4.78 is 5.29. The van der Waals surface area contributed by atoms with Crippen LogP contribution in [0.15, 0.2) is 12.1 Å². The standard InChI is InChI=1S/C14H20O3/c1-9-6-11(7-12(17-5)10(9)2)8-14(3,4)13(15)16/h6-7H,8H2,1-5H3,(H,15,16). The van der Waals surface area contributed by atoms with Gasteiger partial charge in [0.2, 0.25) is 0 Å². The Labute approximate surface area is 102 Å². The third-order valence-corrected chi connectivity index (χ3v) is 3.12. The van der Waals surface area contributed by atoms with E-state index < -0.39 is 11.4 Å². The van der Waals surface area contributed by atoms with E-state index in [0.29, 0.717) is 6.42 Å². The summed E-state index contributed by atoms with van der Waals surface area (Å²) in [4.78, 5) is 11.1. The van der Waals surface area contributed by atoms with Gasteiger partial charge in [0.15, 0.2) is 0 Å². The molecule has 3 nitrogen and oxygen atoms in total. The molecule has 0 saturated heterocycles. The third-order valence-electron chi connectivity index (χ3n) is 3.12. The lowest BCUT2D eigenvalue weighted by Gasteiger charge is -2.20. The van der Waals surface area contributed by atoms with Gasteiger partial charge < -0.3 is 9.84 Å². The molecule has 3 heteroatoms. The Morgan fingerprint density at radius 2 is 1.94 bits per heavy atom. The Kier molecular flexibility index (Phi) is 3.81. The molecule has 17 heavy (non-hydrogen) atoms. The van der Waals surface area contributed by atoms with Crippen LogP contribution >= 0.6 is 0 Å². The van der Waals surface area contributed by atoms with Gasteiger partial charge in [-0.1, -0.05) is 6.07 Å². The van der Waals surface area contributed by atoms with Crippen molar-refractivity contribution in [1.29, 1.82) is 0 Å². The molecule has 94 valence electrons. The highest BCUT2D eigenvalue weighted by Crippen LogP contribution is 2.28. The third kappa shape index (κ3) is 2.99. The van der Waals surface area contributed by atoms with Crippen LogP contribution in [0, 0.1) is 19.3 Å². The fourth-order valence-corrected chi connectivity index (χ4v) is 1.80. The normalized spacial score (nSPS) is 11.4. The number of ether oxygens (including phenoxy) is 1. The van der Waals surface area contributed by atoms with Crippen LogP contribution in [0.5, 0.6) is 5.75 Å². The number of benzene rings is 1. The number of aliphatic carboxylic acids is 1. The Hall–Kier alpha value is -1.51. The average molecular weight is 236 g/mol. The molecule has 1 rings (SSSR count). The summed E-state index contributed by atoms with van der Waals surface area (Å²) in [6, 6.07) is 3.95. The van der Waals surface area contributed by atoms with Gasteiger partial charge in [0, 0.05) is 0 Å². The van der Waals surface area contributed by atoms with Gasteiger partial charge in [-0.05, 0) is 56.9 Å². The maximum atomic E-state index is 11.1. The van der Waals surface area contributed by atoms with Crippen LogP contribution in [-0.2, 0) is 11.2 Å². The SMILES string of the molecule is COc1cc(CC(C)(C)C(=O)O)cc(C)c1C. The van der Waals surface area contributed by atoms with Gasteiger partial charge in [0.25, 0.3) is 0 Å². The van der Waals surface area contributed by atoms with Crippen LogP contribution in [0.25, 0.3) is 0 Å².